The number of anilines is 1. The number of rotatable bonds is 2. The summed E-state index contributed by atoms with van der Waals surface area (Å²) in [6.07, 6.45) is -2.93. The molecule has 1 saturated heterocycles. The number of alkyl halides is 3. The average Bonchev–Trinajstić information content (AvgIpc) is 2.79. The fourth-order valence-corrected chi connectivity index (χ4v) is 2.35. The number of nitrogens with zero attached hydrogens (tertiary/aromatic N) is 4. The topological polar surface area (TPSA) is 71.0 Å². The van der Waals surface area contributed by atoms with Gasteiger partial charge in [0, 0.05) is 38.3 Å². The molecule has 9 heteroatoms. The maximum atomic E-state index is 13.2. The summed E-state index contributed by atoms with van der Waals surface area (Å²) >= 11 is 0. The molecule has 6 nitrogen and oxygen atoms in total. The molecule has 0 radical (unpaired) electrons. The van der Waals surface area contributed by atoms with Crippen molar-refractivity contribution >= 4 is 11.7 Å². The van der Waals surface area contributed by atoms with Crippen molar-refractivity contribution in [1.82, 2.24) is 20.3 Å². The van der Waals surface area contributed by atoms with Crippen LogP contribution in [-0.4, -0.2) is 40.5 Å². The van der Waals surface area contributed by atoms with Crippen LogP contribution in [0.3, 0.4) is 0 Å². The van der Waals surface area contributed by atoms with Crippen LogP contribution in [0.25, 0.3) is 11.5 Å². The molecule has 0 spiro atoms. The second-order valence-corrected chi connectivity index (χ2v) is 5.23. The maximum Gasteiger partial charge on any atom is 0.433 e. The van der Waals surface area contributed by atoms with Gasteiger partial charge in [0.2, 0.25) is 5.91 Å². The van der Waals surface area contributed by atoms with E-state index in [0.29, 0.717) is 19.6 Å². The number of hydrogen-bond acceptors (Lipinski definition) is 5. The second kappa shape index (κ2) is 6.42. The highest BCUT2D eigenvalue weighted by atomic mass is 19.4. The van der Waals surface area contributed by atoms with E-state index < -0.39 is 11.9 Å². The highest BCUT2D eigenvalue weighted by Crippen LogP contribution is 2.31. The number of hydrogen-bond donors (Lipinski definition) is 1. The molecule has 3 heterocycles. The molecule has 1 aliphatic rings. The van der Waals surface area contributed by atoms with E-state index in [0.717, 1.165) is 6.07 Å². The zero-order valence-corrected chi connectivity index (χ0v) is 12.5. The average molecular weight is 337 g/mol. The van der Waals surface area contributed by atoms with E-state index in [2.05, 4.69) is 20.3 Å². The van der Waals surface area contributed by atoms with Crippen LogP contribution in [0.5, 0.6) is 0 Å². The van der Waals surface area contributed by atoms with Crippen molar-refractivity contribution in [3.8, 4) is 11.5 Å². The minimum absolute atomic E-state index is 0.0936. The van der Waals surface area contributed by atoms with E-state index in [1.165, 1.54) is 6.20 Å². The van der Waals surface area contributed by atoms with Gasteiger partial charge >= 0.3 is 6.18 Å². The summed E-state index contributed by atoms with van der Waals surface area (Å²) in [5.74, 6) is -0.0917. The van der Waals surface area contributed by atoms with Gasteiger partial charge in [-0.1, -0.05) is 6.07 Å². The molecule has 0 aliphatic carbocycles. The first-order valence-electron chi connectivity index (χ1n) is 7.33. The van der Waals surface area contributed by atoms with Gasteiger partial charge in [-0.3, -0.25) is 9.78 Å². The summed E-state index contributed by atoms with van der Waals surface area (Å²) in [6.45, 7) is 1.02. The fourth-order valence-electron chi connectivity index (χ4n) is 2.35. The summed E-state index contributed by atoms with van der Waals surface area (Å²) in [5.41, 5.74) is -0.773. The minimum atomic E-state index is -4.60. The molecule has 2 aromatic rings. The number of halogens is 3. The molecule has 1 amide bonds. The molecular formula is C15H14F3N5O. The Kier molecular flexibility index (Phi) is 4.32. The standard InChI is InChI=1S/C15H14F3N5O/c16-15(17,18)11-9-12(23-7-4-13(24)20-6-8-23)22-14(21-11)10-3-1-2-5-19-10/h1-3,5,9H,4,6-8H2,(H,20,24). The molecule has 1 fully saturated rings. The molecular weight excluding hydrogens is 323 g/mol. The number of carbonyl (C=O) groups is 1. The van der Waals surface area contributed by atoms with Crippen LogP contribution in [-0.2, 0) is 11.0 Å². The zero-order valence-electron chi connectivity index (χ0n) is 12.5. The van der Waals surface area contributed by atoms with Crippen LogP contribution >= 0.6 is 0 Å². The third-order valence-corrected chi connectivity index (χ3v) is 3.53. The van der Waals surface area contributed by atoms with Crippen LogP contribution in [0.4, 0.5) is 19.0 Å². The third-order valence-electron chi connectivity index (χ3n) is 3.53. The Hall–Kier alpha value is -2.71. The Morgan fingerprint density at radius 1 is 1.17 bits per heavy atom. The normalized spacial score (nSPS) is 15.8. The number of aromatic nitrogens is 3. The van der Waals surface area contributed by atoms with Gasteiger partial charge in [-0.15, -0.1) is 0 Å². The lowest BCUT2D eigenvalue weighted by Crippen LogP contribution is -2.29. The molecule has 2 aromatic heterocycles. The van der Waals surface area contributed by atoms with Crippen LogP contribution in [0.1, 0.15) is 12.1 Å². The van der Waals surface area contributed by atoms with Crippen LogP contribution in [0.2, 0.25) is 0 Å². The lowest BCUT2D eigenvalue weighted by molar-refractivity contribution is -0.141. The molecule has 1 aliphatic heterocycles. The number of amides is 1. The van der Waals surface area contributed by atoms with E-state index in [1.54, 1.807) is 23.1 Å². The maximum absolute atomic E-state index is 13.2. The summed E-state index contributed by atoms with van der Waals surface area (Å²) in [4.78, 5) is 24.9. The van der Waals surface area contributed by atoms with E-state index in [9.17, 15) is 18.0 Å². The van der Waals surface area contributed by atoms with E-state index in [1.807, 2.05) is 0 Å². The molecule has 0 atom stereocenters. The number of nitrogens with one attached hydrogen (secondary N) is 1. The van der Waals surface area contributed by atoms with Gasteiger partial charge in [0.15, 0.2) is 11.5 Å². The molecule has 0 saturated carbocycles. The first kappa shape index (κ1) is 16.2. The smallest absolute Gasteiger partial charge is 0.354 e. The van der Waals surface area contributed by atoms with Crippen molar-refractivity contribution < 1.29 is 18.0 Å². The summed E-state index contributed by atoms with van der Waals surface area (Å²) in [7, 11) is 0. The monoisotopic (exact) mass is 337 g/mol. The van der Waals surface area contributed by atoms with Gasteiger partial charge in [-0.25, -0.2) is 9.97 Å². The quantitative estimate of drug-likeness (QED) is 0.906. The van der Waals surface area contributed by atoms with Crippen molar-refractivity contribution in [2.45, 2.75) is 12.6 Å². The van der Waals surface area contributed by atoms with Gasteiger partial charge in [0.25, 0.3) is 0 Å². The van der Waals surface area contributed by atoms with Gasteiger partial charge < -0.3 is 10.2 Å². The van der Waals surface area contributed by atoms with E-state index >= 15 is 0 Å². The highest BCUT2D eigenvalue weighted by Gasteiger charge is 2.34. The van der Waals surface area contributed by atoms with Gasteiger partial charge in [-0.2, -0.15) is 13.2 Å². The summed E-state index contributed by atoms with van der Waals surface area (Å²) < 4.78 is 39.5. The SMILES string of the molecule is O=C1CCN(c2cc(C(F)(F)F)nc(-c3ccccn3)n2)CCN1. The lowest BCUT2D eigenvalue weighted by atomic mass is 10.3. The zero-order chi connectivity index (χ0) is 17.2. The fraction of sp³-hybridized carbons (Fsp3) is 0.333. The Bertz CT molecular complexity index is 736. The molecule has 3 rings (SSSR count). The van der Waals surface area contributed by atoms with E-state index in [4.69, 9.17) is 0 Å². The summed E-state index contributed by atoms with van der Waals surface area (Å²) in [5, 5.41) is 2.68. The lowest BCUT2D eigenvalue weighted by Gasteiger charge is -2.22. The van der Waals surface area contributed by atoms with Gasteiger partial charge in [0.05, 0.1) is 0 Å². The second-order valence-electron chi connectivity index (χ2n) is 5.23. The molecule has 0 bridgehead atoms. The Morgan fingerprint density at radius 3 is 2.71 bits per heavy atom. The summed E-state index contributed by atoms with van der Waals surface area (Å²) in [6, 6.07) is 5.76. The van der Waals surface area contributed by atoms with Crippen LogP contribution in [0.15, 0.2) is 30.5 Å². The number of carbonyl (C=O) groups excluding carboxylic acids is 1. The van der Waals surface area contributed by atoms with Gasteiger partial charge in [-0.05, 0) is 12.1 Å². The Labute approximate surface area is 135 Å². The third kappa shape index (κ3) is 3.61. The van der Waals surface area contributed by atoms with Gasteiger partial charge in [0.1, 0.15) is 11.5 Å². The first-order chi connectivity index (χ1) is 11.4. The Balaban J connectivity index is 2.03. The van der Waals surface area contributed by atoms with Crippen molar-refractivity contribution in [3.05, 3.63) is 36.2 Å². The molecule has 1 N–H and O–H groups in total. The van der Waals surface area contributed by atoms with Crippen molar-refractivity contribution in [2.75, 3.05) is 24.5 Å². The predicted octanol–water partition coefficient (Wildman–Crippen LogP) is 1.88. The molecule has 0 aromatic carbocycles. The minimum Gasteiger partial charge on any atom is -0.354 e. The molecule has 0 unspecified atom stereocenters. The molecule has 126 valence electrons. The van der Waals surface area contributed by atoms with Crippen LogP contribution < -0.4 is 10.2 Å². The van der Waals surface area contributed by atoms with Crippen molar-refractivity contribution in [1.29, 1.82) is 0 Å². The van der Waals surface area contributed by atoms with Crippen molar-refractivity contribution in [3.63, 3.8) is 0 Å². The van der Waals surface area contributed by atoms with Crippen LogP contribution in [0, 0.1) is 0 Å². The highest BCUT2D eigenvalue weighted by molar-refractivity contribution is 5.77. The Morgan fingerprint density at radius 2 is 2.00 bits per heavy atom. The molecule has 24 heavy (non-hydrogen) atoms. The number of pyridine rings is 1. The van der Waals surface area contributed by atoms with E-state index in [-0.39, 0.29) is 29.7 Å². The first-order valence-corrected chi connectivity index (χ1v) is 7.33. The largest absolute Gasteiger partial charge is 0.433 e. The predicted molar refractivity (Wildman–Crippen MR) is 80.1 cm³/mol. The van der Waals surface area contributed by atoms with Crippen molar-refractivity contribution in [2.24, 2.45) is 0 Å².